The van der Waals surface area contributed by atoms with Gasteiger partial charge in [0, 0.05) is 13.8 Å². The zero-order valence-electron chi connectivity index (χ0n) is 13.5. The Balaban J connectivity index is 2.32. The summed E-state index contributed by atoms with van der Waals surface area (Å²) in [5.41, 5.74) is 2.59. The molecule has 0 saturated heterocycles. The van der Waals surface area contributed by atoms with E-state index in [0.717, 1.165) is 38.5 Å². The van der Waals surface area contributed by atoms with Gasteiger partial charge in [0.15, 0.2) is 0 Å². The summed E-state index contributed by atoms with van der Waals surface area (Å²) < 4.78 is 11.1. The first-order valence-corrected chi connectivity index (χ1v) is 7.86. The molecule has 0 spiro atoms. The predicted molar refractivity (Wildman–Crippen MR) is 79.6 cm³/mol. The van der Waals surface area contributed by atoms with Crippen molar-refractivity contribution in [1.29, 1.82) is 0 Å². The summed E-state index contributed by atoms with van der Waals surface area (Å²) in [4.78, 5) is 22.7. The molecule has 0 aliphatic heterocycles. The molecule has 0 bridgehead atoms. The van der Waals surface area contributed by atoms with E-state index in [9.17, 15) is 9.59 Å². The number of fused-ring (bicyclic) bond motifs is 1. The van der Waals surface area contributed by atoms with E-state index < -0.39 is 0 Å². The summed E-state index contributed by atoms with van der Waals surface area (Å²) in [5, 5.41) is 0. The van der Waals surface area contributed by atoms with Gasteiger partial charge in [0.1, 0.15) is 12.2 Å². The van der Waals surface area contributed by atoms with Crippen LogP contribution in [0.5, 0.6) is 0 Å². The molecule has 4 nitrogen and oxygen atoms in total. The lowest BCUT2D eigenvalue weighted by Crippen LogP contribution is -2.33. The molecule has 0 aromatic carbocycles. The van der Waals surface area contributed by atoms with Crippen LogP contribution in [0, 0.1) is 5.41 Å². The minimum absolute atomic E-state index is 0.0287. The molecule has 0 amide bonds. The van der Waals surface area contributed by atoms with Crippen LogP contribution in [-0.2, 0) is 19.1 Å². The van der Waals surface area contributed by atoms with Gasteiger partial charge < -0.3 is 9.47 Å². The van der Waals surface area contributed by atoms with Crippen molar-refractivity contribution in [2.24, 2.45) is 5.41 Å². The Labute approximate surface area is 126 Å². The quantitative estimate of drug-likeness (QED) is 0.577. The molecule has 0 aromatic rings. The van der Waals surface area contributed by atoms with E-state index in [-0.39, 0.29) is 29.6 Å². The second-order valence-electron chi connectivity index (χ2n) is 6.72. The molecule has 0 radical (unpaired) electrons. The zero-order valence-corrected chi connectivity index (χ0v) is 13.5. The largest absolute Gasteiger partial charge is 0.463 e. The molecular weight excluding hydrogens is 268 g/mol. The molecule has 0 N–H and O–H groups in total. The molecule has 2 rings (SSSR count). The van der Waals surface area contributed by atoms with Crippen LogP contribution in [0.1, 0.15) is 66.2 Å². The third-order valence-corrected chi connectivity index (χ3v) is 4.78. The maximum Gasteiger partial charge on any atom is 0.303 e. The Morgan fingerprint density at radius 2 is 1.81 bits per heavy atom. The smallest absolute Gasteiger partial charge is 0.303 e. The molecule has 1 saturated carbocycles. The van der Waals surface area contributed by atoms with Gasteiger partial charge in [0.05, 0.1) is 0 Å². The lowest BCUT2D eigenvalue weighted by Gasteiger charge is -2.40. The van der Waals surface area contributed by atoms with Gasteiger partial charge in [-0.3, -0.25) is 9.59 Å². The van der Waals surface area contributed by atoms with Gasteiger partial charge in [-0.25, -0.2) is 0 Å². The highest BCUT2D eigenvalue weighted by Gasteiger charge is 2.43. The first-order valence-electron chi connectivity index (χ1n) is 7.86. The number of carbonyl (C=O) groups is 2. The number of esters is 2. The van der Waals surface area contributed by atoms with E-state index in [1.807, 2.05) is 0 Å². The van der Waals surface area contributed by atoms with E-state index >= 15 is 0 Å². The number of allylic oxidation sites excluding steroid dienone is 1. The third-order valence-electron chi connectivity index (χ3n) is 4.78. The van der Waals surface area contributed by atoms with E-state index in [1.54, 1.807) is 0 Å². The highest BCUT2D eigenvalue weighted by molar-refractivity contribution is 5.67. The molecule has 2 aliphatic rings. The highest BCUT2D eigenvalue weighted by Crippen LogP contribution is 2.49. The van der Waals surface area contributed by atoms with E-state index in [2.05, 4.69) is 13.8 Å². The molecule has 4 heteroatoms. The van der Waals surface area contributed by atoms with Gasteiger partial charge in [0.25, 0.3) is 0 Å². The summed E-state index contributed by atoms with van der Waals surface area (Å²) in [6.07, 6.45) is 5.37. The van der Waals surface area contributed by atoms with Crippen LogP contribution in [-0.4, -0.2) is 24.1 Å². The molecular formula is C17H26O4. The van der Waals surface area contributed by atoms with E-state index in [0.29, 0.717) is 0 Å². The summed E-state index contributed by atoms with van der Waals surface area (Å²) in [5.74, 6) is -0.466. The van der Waals surface area contributed by atoms with Crippen LogP contribution < -0.4 is 0 Å². The normalized spacial score (nSPS) is 33.0. The topological polar surface area (TPSA) is 52.6 Å². The molecule has 0 unspecified atom stereocenters. The molecule has 118 valence electrons. The summed E-state index contributed by atoms with van der Waals surface area (Å²) in [6.45, 7) is 7.29. The zero-order chi connectivity index (χ0) is 15.6. The second kappa shape index (κ2) is 6.20. The minimum atomic E-state index is -0.237. The summed E-state index contributed by atoms with van der Waals surface area (Å²) in [7, 11) is 0. The van der Waals surface area contributed by atoms with Gasteiger partial charge in [0.2, 0.25) is 0 Å². The number of hydrogen-bond donors (Lipinski definition) is 0. The van der Waals surface area contributed by atoms with Gasteiger partial charge in [-0.2, -0.15) is 0 Å². The fourth-order valence-electron chi connectivity index (χ4n) is 4.14. The average molecular weight is 294 g/mol. The first kappa shape index (κ1) is 16.1. The molecule has 0 aromatic heterocycles. The van der Waals surface area contributed by atoms with Crippen molar-refractivity contribution in [3.05, 3.63) is 11.1 Å². The van der Waals surface area contributed by atoms with Crippen molar-refractivity contribution in [3.63, 3.8) is 0 Å². The number of rotatable bonds is 2. The van der Waals surface area contributed by atoms with Crippen LogP contribution in [0.15, 0.2) is 11.1 Å². The molecule has 1 fully saturated rings. The van der Waals surface area contributed by atoms with Gasteiger partial charge in [-0.15, -0.1) is 0 Å². The van der Waals surface area contributed by atoms with Crippen LogP contribution in [0.3, 0.4) is 0 Å². The van der Waals surface area contributed by atoms with Crippen molar-refractivity contribution in [1.82, 2.24) is 0 Å². The molecule has 21 heavy (non-hydrogen) atoms. The Morgan fingerprint density at radius 3 is 2.43 bits per heavy atom. The fraction of sp³-hybridized carbons (Fsp3) is 0.765. The molecule has 0 heterocycles. The Kier molecular flexibility index (Phi) is 4.74. The van der Waals surface area contributed by atoms with Gasteiger partial charge in [-0.05, 0) is 56.4 Å². The summed E-state index contributed by atoms with van der Waals surface area (Å²) in [6, 6.07) is 0. The van der Waals surface area contributed by atoms with Crippen LogP contribution in [0.2, 0.25) is 0 Å². The number of ether oxygens (including phenoxy) is 2. The second-order valence-corrected chi connectivity index (χ2v) is 6.72. The molecule has 3 atom stereocenters. The van der Waals surface area contributed by atoms with Crippen molar-refractivity contribution in [2.75, 3.05) is 0 Å². The van der Waals surface area contributed by atoms with E-state index in [1.165, 1.54) is 25.0 Å². The van der Waals surface area contributed by atoms with Gasteiger partial charge >= 0.3 is 11.9 Å². The first-order chi connectivity index (χ1) is 9.82. The third kappa shape index (κ3) is 3.66. The van der Waals surface area contributed by atoms with Gasteiger partial charge in [-0.1, -0.05) is 12.5 Å². The Morgan fingerprint density at radius 1 is 1.14 bits per heavy atom. The average Bonchev–Trinajstić information content (AvgIpc) is 2.45. The lowest BCUT2D eigenvalue weighted by atomic mass is 9.67. The number of hydrogen-bond acceptors (Lipinski definition) is 4. The maximum atomic E-state index is 11.4. The van der Waals surface area contributed by atoms with Crippen molar-refractivity contribution >= 4 is 11.9 Å². The Bertz CT molecular complexity index is 465. The maximum absolute atomic E-state index is 11.4. The van der Waals surface area contributed by atoms with Crippen molar-refractivity contribution < 1.29 is 19.1 Å². The molecule has 2 aliphatic carbocycles. The summed E-state index contributed by atoms with van der Waals surface area (Å²) >= 11 is 0. The Hall–Kier alpha value is -1.32. The van der Waals surface area contributed by atoms with Crippen LogP contribution in [0.4, 0.5) is 0 Å². The fourth-order valence-corrected chi connectivity index (χ4v) is 4.14. The SMILES string of the molecule is CC(=O)O[C@H]1CC[C@H](OC(C)=O)C2=C(C)CCC[C@@]2(C)C1. The van der Waals surface area contributed by atoms with Crippen LogP contribution in [0.25, 0.3) is 0 Å². The van der Waals surface area contributed by atoms with E-state index in [4.69, 9.17) is 9.47 Å². The van der Waals surface area contributed by atoms with Crippen molar-refractivity contribution in [2.45, 2.75) is 78.4 Å². The number of carbonyl (C=O) groups excluding carboxylic acids is 2. The standard InChI is InChI=1S/C17H26O4/c1-11-6-5-9-17(4)10-14(20-12(2)18)7-8-15(16(11)17)21-13(3)19/h14-15H,5-10H2,1-4H3/t14-,15-,17-/m0/s1. The van der Waals surface area contributed by atoms with Crippen molar-refractivity contribution in [3.8, 4) is 0 Å². The minimum Gasteiger partial charge on any atom is -0.463 e. The van der Waals surface area contributed by atoms with Crippen LogP contribution >= 0.6 is 0 Å². The lowest BCUT2D eigenvalue weighted by molar-refractivity contribution is -0.149. The highest BCUT2D eigenvalue weighted by atomic mass is 16.5. The predicted octanol–water partition coefficient (Wildman–Crippen LogP) is 3.54. The monoisotopic (exact) mass is 294 g/mol.